The molecule has 2 atom stereocenters. The molecule has 0 radical (unpaired) electrons. The van der Waals surface area contributed by atoms with Crippen LogP contribution >= 0.6 is 22.6 Å². The van der Waals surface area contributed by atoms with Crippen LogP contribution in [0, 0.1) is 11.8 Å². The first-order valence-corrected chi connectivity index (χ1v) is 10.6. The summed E-state index contributed by atoms with van der Waals surface area (Å²) >= 11 is 2.27. The summed E-state index contributed by atoms with van der Waals surface area (Å²) in [4.78, 5) is 23.0. The Bertz CT molecular complexity index is 527. The van der Waals surface area contributed by atoms with E-state index in [0.29, 0.717) is 19.3 Å². The smallest absolute Gasteiger partial charge is 0.306 e. The highest BCUT2D eigenvalue weighted by atomic mass is 127. The number of aryl methyl sites for hydroxylation is 2. The summed E-state index contributed by atoms with van der Waals surface area (Å²) in [5.74, 6) is -2.92. The van der Waals surface area contributed by atoms with E-state index in [1.54, 1.807) is 0 Å². The van der Waals surface area contributed by atoms with E-state index in [9.17, 15) is 19.8 Å². The van der Waals surface area contributed by atoms with E-state index in [1.807, 2.05) is 0 Å². The minimum Gasteiger partial charge on any atom is -0.481 e. The SMILES string of the molecule is CCCc1ccc(CC[C@H](CC(CCCCI)C(=O)O)C(=O)O)cc1. The Morgan fingerprint density at radius 2 is 1.44 bits per heavy atom. The van der Waals surface area contributed by atoms with Crippen LogP contribution in [-0.4, -0.2) is 26.6 Å². The molecule has 1 rings (SSSR count). The number of carboxylic acids is 2. The number of aliphatic carboxylic acids is 2. The summed E-state index contributed by atoms with van der Waals surface area (Å²) in [7, 11) is 0. The number of hydrogen-bond donors (Lipinski definition) is 2. The number of rotatable bonds is 13. The zero-order valence-corrected chi connectivity index (χ0v) is 17.1. The normalized spacial score (nSPS) is 13.4. The molecule has 0 heterocycles. The van der Waals surface area contributed by atoms with Gasteiger partial charge in [0.05, 0.1) is 11.8 Å². The van der Waals surface area contributed by atoms with Gasteiger partial charge in [0.15, 0.2) is 0 Å². The molecule has 0 aliphatic heterocycles. The van der Waals surface area contributed by atoms with Crippen molar-refractivity contribution in [3.8, 4) is 0 Å². The van der Waals surface area contributed by atoms with Crippen molar-refractivity contribution in [3.63, 3.8) is 0 Å². The van der Waals surface area contributed by atoms with E-state index in [4.69, 9.17) is 0 Å². The molecule has 25 heavy (non-hydrogen) atoms. The minimum absolute atomic E-state index is 0.222. The number of halogens is 1. The van der Waals surface area contributed by atoms with Crippen molar-refractivity contribution in [1.82, 2.24) is 0 Å². The van der Waals surface area contributed by atoms with Crippen LogP contribution in [-0.2, 0) is 22.4 Å². The maximum Gasteiger partial charge on any atom is 0.306 e. The van der Waals surface area contributed by atoms with Crippen molar-refractivity contribution >= 4 is 34.5 Å². The maximum atomic E-state index is 11.6. The van der Waals surface area contributed by atoms with Crippen molar-refractivity contribution < 1.29 is 19.8 Å². The third kappa shape index (κ3) is 8.70. The third-order valence-corrected chi connectivity index (χ3v) is 5.31. The van der Waals surface area contributed by atoms with Gasteiger partial charge in [0.1, 0.15) is 0 Å². The molecule has 0 saturated heterocycles. The van der Waals surface area contributed by atoms with Gasteiger partial charge in [0, 0.05) is 0 Å². The molecule has 0 amide bonds. The zero-order valence-electron chi connectivity index (χ0n) is 14.9. The van der Waals surface area contributed by atoms with Gasteiger partial charge in [0.25, 0.3) is 0 Å². The summed E-state index contributed by atoms with van der Waals surface area (Å²) in [5.41, 5.74) is 2.41. The summed E-state index contributed by atoms with van der Waals surface area (Å²) in [6, 6.07) is 8.30. The average Bonchev–Trinajstić information content (AvgIpc) is 2.58. The van der Waals surface area contributed by atoms with Gasteiger partial charge in [-0.1, -0.05) is 66.6 Å². The average molecular weight is 460 g/mol. The minimum atomic E-state index is -0.886. The Balaban J connectivity index is 2.60. The molecule has 0 aliphatic rings. The Hall–Kier alpha value is -1.11. The number of hydrogen-bond acceptors (Lipinski definition) is 2. The molecule has 0 bridgehead atoms. The van der Waals surface area contributed by atoms with Gasteiger partial charge in [-0.3, -0.25) is 9.59 Å². The van der Waals surface area contributed by atoms with Gasteiger partial charge in [-0.15, -0.1) is 0 Å². The molecule has 0 saturated carbocycles. The van der Waals surface area contributed by atoms with Crippen molar-refractivity contribution in [3.05, 3.63) is 35.4 Å². The largest absolute Gasteiger partial charge is 0.481 e. The molecule has 1 aromatic rings. The monoisotopic (exact) mass is 460 g/mol. The van der Waals surface area contributed by atoms with Crippen molar-refractivity contribution in [2.75, 3.05) is 4.43 Å². The van der Waals surface area contributed by atoms with Crippen LogP contribution < -0.4 is 0 Å². The topological polar surface area (TPSA) is 74.6 Å². The fourth-order valence-electron chi connectivity index (χ4n) is 3.02. The van der Waals surface area contributed by atoms with Crippen LogP contribution in [0.4, 0.5) is 0 Å². The predicted octanol–water partition coefficient (Wildman–Crippen LogP) is 4.97. The second kappa shape index (κ2) is 12.3. The van der Waals surface area contributed by atoms with Crippen LogP contribution in [0.5, 0.6) is 0 Å². The number of carbonyl (C=O) groups is 2. The molecule has 0 spiro atoms. The maximum absolute atomic E-state index is 11.6. The van der Waals surface area contributed by atoms with Crippen LogP contribution in [0.2, 0.25) is 0 Å². The fraction of sp³-hybridized carbons (Fsp3) is 0.600. The van der Waals surface area contributed by atoms with Gasteiger partial charge in [-0.05, 0) is 54.1 Å². The number of carboxylic acid groups (broad SMARTS) is 2. The van der Waals surface area contributed by atoms with E-state index < -0.39 is 23.8 Å². The van der Waals surface area contributed by atoms with E-state index in [-0.39, 0.29) is 6.42 Å². The predicted molar refractivity (Wildman–Crippen MR) is 108 cm³/mol. The molecular weight excluding hydrogens is 431 g/mol. The summed E-state index contributed by atoms with van der Waals surface area (Å²) in [5, 5.41) is 18.8. The van der Waals surface area contributed by atoms with E-state index in [2.05, 4.69) is 53.8 Å². The lowest BCUT2D eigenvalue weighted by Gasteiger charge is -2.18. The van der Waals surface area contributed by atoms with Gasteiger partial charge >= 0.3 is 11.9 Å². The molecule has 0 aromatic heterocycles. The number of benzene rings is 1. The second-order valence-electron chi connectivity index (χ2n) is 6.60. The lowest BCUT2D eigenvalue weighted by atomic mass is 9.87. The molecular formula is C20H29IO4. The quantitative estimate of drug-likeness (QED) is 0.248. The Morgan fingerprint density at radius 3 is 1.92 bits per heavy atom. The van der Waals surface area contributed by atoms with Gasteiger partial charge in [0.2, 0.25) is 0 Å². The van der Waals surface area contributed by atoms with Gasteiger partial charge in [-0.25, -0.2) is 0 Å². The summed E-state index contributed by atoms with van der Waals surface area (Å²) < 4.78 is 1.00. The van der Waals surface area contributed by atoms with E-state index >= 15 is 0 Å². The number of unbranched alkanes of at least 4 members (excludes halogenated alkanes) is 1. The lowest BCUT2D eigenvalue weighted by molar-refractivity contribution is -0.146. The Labute approximate surface area is 164 Å². The van der Waals surface area contributed by atoms with Crippen molar-refractivity contribution in [1.29, 1.82) is 0 Å². The van der Waals surface area contributed by atoms with Crippen molar-refractivity contribution in [2.45, 2.75) is 58.3 Å². The van der Waals surface area contributed by atoms with Crippen molar-refractivity contribution in [2.24, 2.45) is 11.8 Å². The molecule has 0 aliphatic carbocycles. The van der Waals surface area contributed by atoms with E-state index in [0.717, 1.165) is 35.7 Å². The van der Waals surface area contributed by atoms with E-state index in [1.165, 1.54) is 5.56 Å². The molecule has 2 N–H and O–H groups in total. The first kappa shape index (κ1) is 21.9. The Kier molecular flexibility index (Phi) is 10.8. The van der Waals surface area contributed by atoms with Gasteiger partial charge < -0.3 is 10.2 Å². The second-order valence-corrected chi connectivity index (χ2v) is 7.67. The molecule has 5 heteroatoms. The summed E-state index contributed by atoms with van der Waals surface area (Å²) in [6.07, 6.45) is 5.91. The molecule has 1 aromatic carbocycles. The highest BCUT2D eigenvalue weighted by molar-refractivity contribution is 14.1. The molecule has 140 valence electrons. The number of alkyl halides is 1. The highest BCUT2D eigenvalue weighted by Crippen LogP contribution is 2.23. The van der Waals surface area contributed by atoms with Crippen LogP contribution in [0.1, 0.15) is 56.6 Å². The molecule has 1 unspecified atom stereocenters. The molecule has 4 nitrogen and oxygen atoms in total. The standard InChI is InChI=1S/C20H29IO4/c1-2-5-15-7-9-16(10-8-15)11-12-18(20(24)25)14-17(19(22)23)6-3-4-13-21/h7-10,17-18H,2-6,11-14H2,1H3,(H,22,23)(H,24,25)/t17?,18-/m1/s1. The van der Waals surface area contributed by atoms with Crippen LogP contribution in [0.15, 0.2) is 24.3 Å². The zero-order chi connectivity index (χ0) is 18.7. The summed E-state index contributed by atoms with van der Waals surface area (Å²) in [6.45, 7) is 2.14. The third-order valence-electron chi connectivity index (χ3n) is 4.55. The highest BCUT2D eigenvalue weighted by Gasteiger charge is 2.26. The first-order valence-electron chi connectivity index (χ1n) is 9.07. The van der Waals surface area contributed by atoms with Gasteiger partial charge in [-0.2, -0.15) is 0 Å². The molecule has 0 fully saturated rings. The van der Waals surface area contributed by atoms with Crippen LogP contribution in [0.25, 0.3) is 0 Å². The fourth-order valence-corrected chi connectivity index (χ4v) is 3.55. The lowest BCUT2D eigenvalue weighted by Crippen LogP contribution is -2.23. The Morgan fingerprint density at radius 1 is 0.920 bits per heavy atom. The first-order chi connectivity index (χ1) is 12.0. The van der Waals surface area contributed by atoms with Crippen LogP contribution in [0.3, 0.4) is 0 Å².